The number of β-amino-alcohol motifs (C(OH)–C–C–N with tert-alkyl or cyclic N) is 1. The molecule has 190 valence electrons. The van der Waals surface area contributed by atoms with Crippen molar-refractivity contribution in [3.05, 3.63) is 47.0 Å². The Morgan fingerprint density at radius 3 is 2.26 bits per heavy atom. The summed E-state index contributed by atoms with van der Waals surface area (Å²) in [4.78, 5) is 27.7. The van der Waals surface area contributed by atoms with Crippen molar-refractivity contribution < 1.29 is 47.2 Å². The van der Waals surface area contributed by atoms with Gasteiger partial charge in [0.2, 0.25) is 0 Å². The van der Waals surface area contributed by atoms with E-state index in [0.717, 1.165) is 24.3 Å². The molecule has 2 aromatic rings. The average molecular weight is 497 g/mol. The monoisotopic (exact) mass is 497 g/mol. The maximum absolute atomic E-state index is 13.1. The predicted octanol–water partition coefficient (Wildman–Crippen LogP) is 3.54. The third-order valence-electron chi connectivity index (χ3n) is 5.87. The van der Waals surface area contributed by atoms with Crippen LogP contribution in [0.25, 0.3) is 0 Å². The number of ketones is 2. The molecule has 35 heavy (non-hydrogen) atoms. The highest BCUT2D eigenvalue weighted by Crippen LogP contribution is 2.46. The van der Waals surface area contributed by atoms with E-state index >= 15 is 0 Å². The number of phenols is 1. The highest BCUT2D eigenvalue weighted by Gasteiger charge is 2.35. The molecular formula is C24H26F3NO7. The van der Waals surface area contributed by atoms with Crippen molar-refractivity contribution in [2.24, 2.45) is 0 Å². The summed E-state index contributed by atoms with van der Waals surface area (Å²) < 4.78 is 51.4. The van der Waals surface area contributed by atoms with Crippen LogP contribution in [-0.2, 0) is 0 Å². The first-order valence-electron chi connectivity index (χ1n) is 10.7. The number of methoxy groups -OCH3 is 2. The van der Waals surface area contributed by atoms with Crippen molar-refractivity contribution in [3.8, 4) is 23.0 Å². The van der Waals surface area contributed by atoms with E-state index in [9.17, 15) is 33.0 Å². The first-order chi connectivity index (χ1) is 16.4. The lowest BCUT2D eigenvalue weighted by molar-refractivity contribution is -0.274. The molecule has 0 saturated carbocycles. The summed E-state index contributed by atoms with van der Waals surface area (Å²) in [5, 5.41) is 21.7. The van der Waals surface area contributed by atoms with Crippen LogP contribution < -0.4 is 14.2 Å². The van der Waals surface area contributed by atoms with Crippen molar-refractivity contribution in [1.29, 1.82) is 0 Å². The topological polar surface area (TPSA) is 106 Å². The molecule has 1 aliphatic rings. The van der Waals surface area contributed by atoms with Crippen LogP contribution in [0.3, 0.4) is 0 Å². The van der Waals surface area contributed by atoms with Gasteiger partial charge in [-0.2, -0.15) is 0 Å². The fraction of sp³-hybridized carbons (Fsp3) is 0.417. The Labute approximate surface area is 199 Å². The van der Waals surface area contributed by atoms with Gasteiger partial charge in [-0.25, -0.2) is 0 Å². The van der Waals surface area contributed by atoms with Crippen molar-refractivity contribution in [2.75, 3.05) is 34.4 Å². The number of carbonyl (C=O) groups excluding carboxylic acids is 2. The Hall–Kier alpha value is -3.31. The summed E-state index contributed by atoms with van der Waals surface area (Å²) >= 11 is 0. The number of nitrogens with zero attached hydrogens (tertiary/aromatic N) is 1. The molecule has 0 aromatic heterocycles. The first kappa shape index (κ1) is 26.3. The normalized spacial score (nSPS) is 18.7. The largest absolute Gasteiger partial charge is 0.573 e. The molecule has 8 nitrogen and oxygen atoms in total. The summed E-state index contributed by atoms with van der Waals surface area (Å²) in [5.41, 5.74) is 0.00367. The van der Waals surface area contributed by atoms with E-state index in [2.05, 4.69) is 4.74 Å². The van der Waals surface area contributed by atoms with Crippen LogP contribution in [0.15, 0.2) is 30.3 Å². The number of benzene rings is 2. The number of hydrogen-bond donors (Lipinski definition) is 2. The molecule has 3 rings (SSSR count). The Bertz CT molecular complexity index is 1090. The predicted molar refractivity (Wildman–Crippen MR) is 118 cm³/mol. The maximum Gasteiger partial charge on any atom is 0.573 e. The number of likely N-dealkylation sites (tertiary alicyclic amines) is 1. The standard InChI is InChI=1S/C24H26F3NO7/c1-28-9-8-15(18(31)12-28)21-19(33-2)11-20(34-3)22(23(21)32)17(30)10-16(29)13-4-6-14(7-5-13)35-24(25,26)27/h4-7,11,15,18,31-32H,8-10,12H2,1-3H3/t15-,18+/m0/s1. The lowest BCUT2D eigenvalue weighted by Gasteiger charge is -2.35. The fourth-order valence-corrected chi connectivity index (χ4v) is 4.20. The number of halogens is 3. The van der Waals surface area contributed by atoms with Crippen molar-refractivity contribution in [2.45, 2.75) is 31.2 Å². The molecular weight excluding hydrogens is 471 g/mol. The summed E-state index contributed by atoms with van der Waals surface area (Å²) in [6.07, 6.45) is -5.88. The first-order valence-corrected chi connectivity index (χ1v) is 10.7. The zero-order valence-corrected chi connectivity index (χ0v) is 19.4. The Balaban J connectivity index is 1.90. The van der Waals surface area contributed by atoms with Crippen LogP contribution in [0, 0.1) is 0 Å². The lowest BCUT2D eigenvalue weighted by Crippen LogP contribution is -2.40. The molecule has 0 aliphatic carbocycles. The van der Waals surface area contributed by atoms with Gasteiger partial charge in [-0.1, -0.05) is 0 Å². The second-order valence-corrected chi connectivity index (χ2v) is 8.24. The highest BCUT2D eigenvalue weighted by atomic mass is 19.4. The fourth-order valence-electron chi connectivity index (χ4n) is 4.20. The molecule has 1 aliphatic heterocycles. The minimum Gasteiger partial charge on any atom is -0.507 e. The third-order valence-corrected chi connectivity index (χ3v) is 5.87. The summed E-state index contributed by atoms with van der Waals surface area (Å²) in [5.74, 6) is -2.68. The number of ether oxygens (including phenoxy) is 3. The SMILES string of the molecule is COc1cc(OC)c([C@H]2CCN(C)C[C@H]2O)c(O)c1C(=O)CC(=O)c1ccc(OC(F)(F)F)cc1. The van der Waals surface area contributed by atoms with Crippen molar-refractivity contribution in [1.82, 2.24) is 4.90 Å². The number of rotatable bonds is 8. The zero-order valence-electron chi connectivity index (χ0n) is 19.4. The van der Waals surface area contributed by atoms with Crippen molar-refractivity contribution >= 4 is 11.6 Å². The van der Waals surface area contributed by atoms with Crippen LogP contribution in [0.1, 0.15) is 45.0 Å². The number of alkyl halides is 3. The van der Waals surface area contributed by atoms with Gasteiger partial charge < -0.3 is 29.3 Å². The quantitative estimate of drug-likeness (QED) is 0.422. The van der Waals surface area contributed by atoms with Gasteiger partial charge in [0.1, 0.15) is 28.6 Å². The minimum atomic E-state index is -4.87. The van der Waals surface area contributed by atoms with E-state index in [1.165, 1.54) is 20.3 Å². The van der Waals surface area contributed by atoms with E-state index in [1.807, 2.05) is 11.9 Å². The van der Waals surface area contributed by atoms with Crippen LogP contribution in [0.2, 0.25) is 0 Å². The smallest absolute Gasteiger partial charge is 0.507 e. The van der Waals surface area contributed by atoms with E-state index in [1.54, 1.807) is 0 Å². The molecule has 2 N–H and O–H groups in total. The number of aliphatic hydroxyl groups excluding tert-OH is 1. The number of Topliss-reactive ketones (excluding diaryl/α,β-unsaturated/α-hetero) is 2. The van der Waals surface area contributed by atoms with Gasteiger partial charge in [-0.3, -0.25) is 9.59 Å². The zero-order chi connectivity index (χ0) is 25.9. The molecule has 2 aromatic carbocycles. The van der Waals surface area contributed by atoms with Crippen LogP contribution >= 0.6 is 0 Å². The van der Waals surface area contributed by atoms with Crippen LogP contribution in [0.4, 0.5) is 13.2 Å². The van der Waals surface area contributed by atoms with E-state index in [0.29, 0.717) is 19.5 Å². The van der Waals surface area contributed by atoms with Crippen LogP contribution in [-0.4, -0.2) is 73.5 Å². The average Bonchev–Trinajstić information content (AvgIpc) is 2.78. The molecule has 0 bridgehead atoms. The minimum absolute atomic E-state index is 0.00851. The number of piperidine rings is 1. The van der Waals surface area contributed by atoms with E-state index in [-0.39, 0.29) is 28.2 Å². The second kappa shape index (κ2) is 10.5. The molecule has 1 saturated heterocycles. The van der Waals surface area contributed by atoms with Gasteiger partial charge in [0, 0.05) is 29.7 Å². The number of likely N-dealkylation sites (N-methyl/N-ethyl adjacent to an activating group) is 1. The van der Waals surface area contributed by atoms with E-state index < -0.39 is 47.9 Å². The van der Waals surface area contributed by atoms with E-state index in [4.69, 9.17) is 9.47 Å². The highest BCUT2D eigenvalue weighted by molar-refractivity contribution is 6.15. The van der Waals surface area contributed by atoms with Crippen LogP contribution in [0.5, 0.6) is 23.0 Å². The molecule has 0 unspecified atom stereocenters. The van der Waals surface area contributed by atoms with Gasteiger partial charge in [0.05, 0.1) is 26.7 Å². The number of carbonyl (C=O) groups is 2. The van der Waals surface area contributed by atoms with Gasteiger partial charge in [-0.05, 0) is 44.3 Å². The summed E-state index contributed by atoms with van der Waals surface area (Å²) in [6, 6.07) is 5.58. The molecule has 1 heterocycles. The molecule has 1 fully saturated rings. The summed E-state index contributed by atoms with van der Waals surface area (Å²) in [6.45, 7) is 1.00. The summed E-state index contributed by atoms with van der Waals surface area (Å²) in [7, 11) is 4.53. The second-order valence-electron chi connectivity index (χ2n) is 8.24. The molecule has 11 heteroatoms. The Kier molecular flexibility index (Phi) is 7.91. The number of aromatic hydroxyl groups is 1. The maximum atomic E-state index is 13.1. The van der Waals surface area contributed by atoms with Gasteiger partial charge in [0.25, 0.3) is 0 Å². The Morgan fingerprint density at radius 2 is 1.71 bits per heavy atom. The van der Waals surface area contributed by atoms with Gasteiger partial charge in [0.15, 0.2) is 11.6 Å². The Morgan fingerprint density at radius 1 is 1.09 bits per heavy atom. The number of aliphatic hydroxyl groups is 1. The lowest BCUT2D eigenvalue weighted by atomic mass is 9.84. The molecule has 2 atom stereocenters. The molecule has 0 amide bonds. The number of hydrogen-bond acceptors (Lipinski definition) is 8. The van der Waals surface area contributed by atoms with Crippen molar-refractivity contribution in [3.63, 3.8) is 0 Å². The molecule has 0 spiro atoms. The third kappa shape index (κ3) is 6.04. The van der Waals surface area contributed by atoms with Gasteiger partial charge >= 0.3 is 6.36 Å². The number of phenolic OH excluding ortho intramolecular Hbond substituents is 1. The van der Waals surface area contributed by atoms with Gasteiger partial charge in [-0.15, -0.1) is 13.2 Å². The molecule has 0 radical (unpaired) electrons.